The smallest absolute Gasteiger partial charge is 0.244 e. The molecule has 7 heteroatoms. The van der Waals surface area contributed by atoms with E-state index in [1.807, 2.05) is 91.4 Å². The molecule has 32 heavy (non-hydrogen) atoms. The zero-order valence-corrected chi connectivity index (χ0v) is 18.8. The van der Waals surface area contributed by atoms with Crippen molar-refractivity contribution in [1.29, 1.82) is 0 Å². The number of rotatable bonds is 7. The van der Waals surface area contributed by atoms with Crippen LogP contribution in [0.1, 0.15) is 23.7 Å². The van der Waals surface area contributed by atoms with Gasteiger partial charge < -0.3 is 4.74 Å². The summed E-state index contributed by atoms with van der Waals surface area (Å²) in [6, 6.07) is 23.0. The number of carbonyl (C=O) groups is 1. The number of nitrogens with zero attached hydrogens (tertiary/aromatic N) is 2. The molecule has 0 radical (unpaired) electrons. The van der Waals surface area contributed by atoms with E-state index < -0.39 is 5.41 Å². The molecule has 0 aliphatic rings. The van der Waals surface area contributed by atoms with Crippen LogP contribution in [0.2, 0.25) is 5.02 Å². The molecule has 3 N–H and O–H groups in total. The monoisotopic (exact) mass is 448 g/mol. The van der Waals surface area contributed by atoms with E-state index in [2.05, 4.69) is 10.5 Å². The largest absolute Gasteiger partial charge is 0.487 e. The minimum Gasteiger partial charge on any atom is -0.487 e. The van der Waals surface area contributed by atoms with E-state index in [4.69, 9.17) is 22.2 Å². The fourth-order valence-electron chi connectivity index (χ4n) is 3.95. The number of nitrogens with two attached hydrogens (primary N) is 1. The number of fused-ring (bicyclic) bond motifs is 1. The van der Waals surface area contributed by atoms with Crippen LogP contribution in [-0.4, -0.2) is 15.7 Å². The maximum absolute atomic E-state index is 12.7. The number of ether oxygens (including phenoxy) is 1. The summed E-state index contributed by atoms with van der Waals surface area (Å²) in [4.78, 5) is 12.7. The zero-order valence-electron chi connectivity index (χ0n) is 18.0. The van der Waals surface area contributed by atoms with Crippen molar-refractivity contribution in [3.63, 3.8) is 0 Å². The first-order valence-corrected chi connectivity index (χ1v) is 10.7. The summed E-state index contributed by atoms with van der Waals surface area (Å²) in [7, 11) is 1.92. The SMILES string of the molecule is Cn1nc(COc2ccc(C(C)(Cc3ccc(Cl)cc3)C(=O)NN)cc2)c2ccccc21. The lowest BCUT2D eigenvalue weighted by molar-refractivity contribution is -0.126. The van der Waals surface area contributed by atoms with E-state index in [9.17, 15) is 4.79 Å². The van der Waals surface area contributed by atoms with Crippen molar-refractivity contribution >= 4 is 28.4 Å². The molecule has 0 saturated heterocycles. The molecule has 1 heterocycles. The lowest BCUT2D eigenvalue weighted by Gasteiger charge is -2.28. The van der Waals surface area contributed by atoms with Crippen LogP contribution in [-0.2, 0) is 30.3 Å². The third-order valence-corrected chi connectivity index (χ3v) is 6.06. The second-order valence-electron chi connectivity index (χ2n) is 8.01. The van der Waals surface area contributed by atoms with Crippen molar-refractivity contribution in [2.45, 2.75) is 25.4 Å². The van der Waals surface area contributed by atoms with Crippen molar-refractivity contribution < 1.29 is 9.53 Å². The van der Waals surface area contributed by atoms with Gasteiger partial charge in [0, 0.05) is 17.5 Å². The Balaban J connectivity index is 1.53. The minimum absolute atomic E-state index is 0.263. The van der Waals surface area contributed by atoms with Crippen molar-refractivity contribution in [3.8, 4) is 5.75 Å². The Morgan fingerprint density at radius 3 is 2.47 bits per heavy atom. The number of aromatic nitrogens is 2. The molecule has 1 aromatic heterocycles. The molecule has 0 spiro atoms. The van der Waals surface area contributed by atoms with E-state index in [1.165, 1.54) is 0 Å². The van der Waals surface area contributed by atoms with Crippen molar-refractivity contribution in [2.75, 3.05) is 0 Å². The van der Waals surface area contributed by atoms with Gasteiger partial charge in [-0.2, -0.15) is 5.10 Å². The van der Waals surface area contributed by atoms with Crippen LogP contribution in [0.3, 0.4) is 0 Å². The number of hydrogen-bond donors (Lipinski definition) is 2. The van der Waals surface area contributed by atoms with Gasteiger partial charge >= 0.3 is 0 Å². The van der Waals surface area contributed by atoms with E-state index in [1.54, 1.807) is 0 Å². The van der Waals surface area contributed by atoms with Gasteiger partial charge in [-0.3, -0.25) is 14.9 Å². The van der Waals surface area contributed by atoms with Gasteiger partial charge in [-0.05, 0) is 54.8 Å². The van der Waals surface area contributed by atoms with Crippen LogP contribution in [0, 0.1) is 0 Å². The predicted molar refractivity (Wildman–Crippen MR) is 126 cm³/mol. The number of benzene rings is 3. The summed E-state index contributed by atoms with van der Waals surface area (Å²) < 4.78 is 7.84. The number of hydrogen-bond acceptors (Lipinski definition) is 4. The number of halogens is 1. The number of hydrazine groups is 1. The third kappa shape index (κ3) is 4.33. The van der Waals surface area contributed by atoms with Crippen LogP contribution in [0.5, 0.6) is 5.75 Å². The third-order valence-electron chi connectivity index (χ3n) is 5.80. The van der Waals surface area contributed by atoms with Gasteiger partial charge in [-0.15, -0.1) is 0 Å². The Bertz CT molecular complexity index is 1240. The summed E-state index contributed by atoms with van der Waals surface area (Å²) in [6.45, 7) is 2.23. The topological polar surface area (TPSA) is 82.2 Å². The molecule has 4 rings (SSSR count). The number of aryl methyl sites for hydroxylation is 1. The van der Waals surface area contributed by atoms with Crippen LogP contribution in [0.4, 0.5) is 0 Å². The minimum atomic E-state index is -0.849. The Kier molecular flexibility index (Phi) is 6.17. The summed E-state index contributed by atoms with van der Waals surface area (Å²) in [5.41, 5.74) is 5.23. The molecule has 0 fully saturated rings. The molecule has 0 saturated carbocycles. The normalized spacial score (nSPS) is 13.0. The van der Waals surface area contributed by atoms with Gasteiger partial charge in [0.05, 0.1) is 10.9 Å². The molecule has 3 aromatic carbocycles. The standard InChI is InChI=1S/C25H25ClN4O2/c1-25(24(31)28-27,15-17-7-11-19(26)12-8-17)18-9-13-20(14-10-18)32-16-22-21-5-3-4-6-23(21)30(2)29-22/h3-14H,15-16,27H2,1-2H3,(H,28,31). The lowest BCUT2D eigenvalue weighted by atomic mass is 9.76. The molecule has 6 nitrogen and oxygen atoms in total. The van der Waals surface area contributed by atoms with Gasteiger partial charge in [-0.25, -0.2) is 5.84 Å². The van der Waals surface area contributed by atoms with Gasteiger partial charge in [0.15, 0.2) is 0 Å². The highest BCUT2D eigenvalue weighted by molar-refractivity contribution is 6.30. The first kappa shape index (κ1) is 21.9. The maximum Gasteiger partial charge on any atom is 0.244 e. The van der Waals surface area contributed by atoms with Gasteiger partial charge in [0.1, 0.15) is 18.1 Å². The van der Waals surface area contributed by atoms with E-state index in [0.29, 0.717) is 23.8 Å². The van der Waals surface area contributed by atoms with Crippen LogP contribution in [0.15, 0.2) is 72.8 Å². The maximum atomic E-state index is 12.7. The molecular weight excluding hydrogens is 424 g/mol. The van der Waals surface area contributed by atoms with E-state index in [0.717, 1.165) is 27.7 Å². The average Bonchev–Trinajstić information content (AvgIpc) is 3.14. The highest BCUT2D eigenvalue weighted by Crippen LogP contribution is 2.31. The fourth-order valence-corrected chi connectivity index (χ4v) is 4.08. The molecule has 1 atom stereocenters. The van der Waals surface area contributed by atoms with Gasteiger partial charge in [-0.1, -0.05) is 54.1 Å². The number of nitrogens with one attached hydrogen (secondary N) is 1. The molecule has 164 valence electrons. The molecule has 0 aliphatic heterocycles. The van der Waals surface area contributed by atoms with Crippen LogP contribution >= 0.6 is 11.6 Å². The molecule has 1 amide bonds. The molecule has 4 aromatic rings. The highest BCUT2D eigenvalue weighted by atomic mass is 35.5. The molecular formula is C25H25ClN4O2. The van der Waals surface area contributed by atoms with Gasteiger partial charge in [0.25, 0.3) is 0 Å². The van der Waals surface area contributed by atoms with Crippen molar-refractivity contribution in [1.82, 2.24) is 15.2 Å². The van der Waals surface area contributed by atoms with Gasteiger partial charge in [0.2, 0.25) is 5.91 Å². The van der Waals surface area contributed by atoms with E-state index in [-0.39, 0.29) is 5.91 Å². The Morgan fingerprint density at radius 2 is 1.78 bits per heavy atom. The van der Waals surface area contributed by atoms with Crippen LogP contribution in [0.25, 0.3) is 10.9 Å². The zero-order chi connectivity index (χ0) is 22.7. The first-order chi connectivity index (χ1) is 15.4. The summed E-state index contributed by atoms with van der Waals surface area (Å²) in [5, 5.41) is 6.29. The van der Waals surface area contributed by atoms with E-state index >= 15 is 0 Å². The average molecular weight is 449 g/mol. The highest BCUT2D eigenvalue weighted by Gasteiger charge is 2.35. The lowest BCUT2D eigenvalue weighted by Crippen LogP contribution is -2.46. The Hall–Kier alpha value is -3.35. The van der Waals surface area contributed by atoms with Crippen molar-refractivity contribution in [3.05, 3.63) is 94.6 Å². The number of carbonyl (C=O) groups excluding carboxylic acids is 1. The quantitative estimate of drug-likeness (QED) is 0.251. The Labute approximate surface area is 191 Å². The van der Waals surface area contributed by atoms with Crippen LogP contribution < -0.4 is 16.0 Å². The summed E-state index contributed by atoms with van der Waals surface area (Å²) >= 11 is 6.00. The number of amides is 1. The Morgan fingerprint density at radius 1 is 1.09 bits per heavy atom. The first-order valence-electron chi connectivity index (χ1n) is 10.3. The van der Waals surface area contributed by atoms with Crippen molar-refractivity contribution in [2.24, 2.45) is 12.9 Å². The molecule has 0 aliphatic carbocycles. The predicted octanol–water partition coefficient (Wildman–Crippen LogP) is 4.30. The summed E-state index contributed by atoms with van der Waals surface area (Å²) in [6.07, 6.45) is 0.479. The molecule has 0 bridgehead atoms. The second kappa shape index (κ2) is 9.02. The number of para-hydroxylation sites is 1. The molecule has 1 unspecified atom stereocenters. The fraction of sp³-hybridized carbons (Fsp3) is 0.200. The second-order valence-corrected chi connectivity index (χ2v) is 8.45. The summed E-state index contributed by atoms with van der Waals surface area (Å²) in [5.74, 6) is 5.95.